The summed E-state index contributed by atoms with van der Waals surface area (Å²) in [6.07, 6.45) is 1.30. The summed E-state index contributed by atoms with van der Waals surface area (Å²) in [5.41, 5.74) is 1.01. The van der Waals surface area contributed by atoms with Gasteiger partial charge in [-0.2, -0.15) is 0 Å². The fourth-order valence-electron chi connectivity index (χ4n) is 1.96. The summed E-state index contributed by atoms with van der Waals surface area (Å²) in [4.78, 5) is 16.6. The van der Waals surface area contributed by atoms with Crippen LogP contribution in [0.4, 0.5) is 10.2 Å². The van der Waals surface area contributed by atoms with Crippen LogP contribution in [0, 0.1) is 5.82 Å². The molecule has 3 rings (SSSR count). The normalized spacial score (nSPS) is 10.3. The van der Waals surface area contributed by atoms with Crippen LogP contribution < -0.4 is 10.1 Å². The predicted octanol–water partition coefficient (Wildman–Crippen LogP) is 4.11. The number of aromatic nitrogens is 1. The van der Waals surface area contributed by atoms with E-state index in [9.17, 15) is 9.18 Å². The first-order valence-electron chi connectivity index (χ1n) is 6.89. The summed E-state index contributed by atoms with van der Waals surface area (Å²) in [5.74, 6) is -0.173. The average Bonchev–Trinajstić information content (AvgIpc) is 3.02. The Hall–Kier alpha value is -2.73. The van der Waals surface area contributed by atoms with Crippen molar-refractivity contribution in [1.82, 2.24) is 4.98 Å². The zero-order chi connectivity index (χ0) is 16.1. The number of hydrogen-bond acceptors (Lipinski definition) is 4. The Kier molecular flexibility index (Phi) is 4.63. The fraction of sp³-hybridized carbons (Fsp3) is 0.0588. The van der Waals surface area contributed by atoms with Crippen LogP contribution in [-0.4, -0.2) is 10.9 Å². The minimum atomic E-state index is -0.456. The molecule has 2 aromatic heterocycles. The SMILES string of the molecule is O=C(Nc1cc(F)ccn1)c1sccc1OCc1ccccc1. The summed E-state index contributed by atoms with van der Waals surface area (Å²) in [6.45, 7) is 0.371. The van der Waals surface area contributed by atoms with E-state index in [2.05, 4.69) is 10.3 Å². The van der Waals surface area contributed by atoms with Crippen LogP contribution in [0.25, 0.3) is 0 Å². The van der Waals surface area contributed by atoms with E-state index in [0.29, 0.717) is 17.2 Å². The van der Waals surface area contributed by atoms with Gasteiger partial charge in [0.05, 0.1) is 0 Å². The van der Waals surface area contributed by atoms with Gasteiger partial charge < -0.3 is 10.1 Å². The number of rotatable bonds is 5. The number of nitrogens with zero attached hydrogens (tertiary/aromatic N) is 1. The molecule has 4 nitrogen and oxygen atoms in total. The van der Waals surface area contributed by atoms with E-state index in [1.807, 2.05) is 30.3 Å². The molecule has 0 atom stereocenters. The van der Waals surface area contributed by atoms with Crippen LogP contribution in [0.3, 0.4) is 0 Å². The maximum Gasteiger partial charge on any atom is 0.270 e. The number of amides is 1. The van der Waals surface area contributed by atoms with Crippen molar-refractivity contribution in [1.29, 1.82) is 0 Å². The summed E-state index contributed by atoms with van der Waals surface area (Å²) < 4.78 is 18.8. The quantitative estimate of drug-likeness (QED) is 0.767. The van der Waals surface area contributed by atoms with E-state index in [4.69, 9.17) is 4.74 Å². The van der Waals surface area contributed by atoms with Crippen LogP contribution in [0.1, 0.15) is 15.2 Å². The highest BCUT2D eigenvalue weighted by Gasteiger charge is 2.15. The van der Waals surface area contributed by atoms with Gasteiger partial charge in [0.2, 0.25) is 0 Å². The minimum Gasteiger partial charge on any atom is -0.487 e. The molecule has 3 aromatic rings. The van der Waals surface area contributed by atoms with Crippen LogP contribution in [0.15, 0.2) is 60.1 Å². The average molecular weight is 328 g/mol. The van der Waals surface area contributed by atoms with Gasteiger partial charge in [0, 0.05) is 12.3 Å². The van der Waals surface area contributed by atoms with Gasteiger partial charge in [-0.1, -0.05) is 30.3 Å². The van der Waals surface area contributed by atoms with E-state index in [1.165, 1.54) is 23.6 Å². The molecule has 1 amide bonds. The van der Waals surface area contributed by atoms with Crippen molar-refractivity contribution in [3.05, 3.63) is 76.4 Å². The molecule has 0 aliphatic carbocycles. The molecule has 0 fully saturated rings. The number of halogens is 1. The molecule has 0 radical (unpaired) electrons. The Bertz CT molecular complexity index is 805. The monoisotopic (exact) mass is 328 g/mol. The zero-order valence-electron chi connectivity index (χ0n) is 12.0. The van der Waals surface area contributed by atoms with Crippen molar-refractivity contribution in [3.63, 3.8) is 0 Å². The fourth-order valence-corrected chi connectivity index (χ4v) is 2.69. The first-order chi connectivity index (χ1) is 11.2. The number of nitrogens with one attached hydrogen (secondary N) is 1. The second-order valence-electron chi connectivity index (χ2n) is 4.70. The third-order valence-corrected chi connectivity index (χ3v) is 3.93. The summed E-state index contributed by atoms with van der Waals surface area (Å²) in [7, 11) is 0. The van der Waals surface area contributed by atoms with Crippen LogP contribution in [-0.2, 0) is 6.61 Å². The van der Waals surface area contributed by atoms with Gasteiger partial charge >= 0.3 is 0 Å². The number of ether oxygens (including phenoxy) is 1. The summed E-state index contributed by atoms with van der Waals surface area (Å²) >= 11 is 1.26. The van der Waals surface area contributed by atoms with Gasteiger partial charge in [-0.05, 0) is 23.1 Å². The number of carbonyl (C=O) groups is 1. The molecule has 0 spiro atoms. The van der Waals surface area contributed by atoms with Crippen molar-refractivity contribution in [2.45, 2.75) is 6.61 Å². The van der Waals surface area contributed by atoms with E-state index in [0.717, 1.165) is 11.6 Å². The van der Waals surface area contributed by atoms with Gasteiger partial charge in [0.15, 0.2) is 0 Å². The predicted molar refractivity (Wildman–Crippen MR) is 87.2 cm³/mol. The number of hydrogen-bond donors (Lipinski definition) is 1. The van der Waals surface area contributed by atoms with Crippen LogP contribution in [0.5, 0.6) is 5.75 Å². The van der Waals surface area contributed by atoms with Crippen LogP contribution in [0.2, 0.25) is 0 Å². The van der Waals surface area contributed by atoms with E-state index in [-0.39, 0.29) is 11.7 Å². The van der Waals surface area contributed by atoms with Gasteiger partial charge in [-0.3, -0.25) is 4.79 Å². The third kappa shape index (κ3) is 3.92. The van der Waals surface area contributed by atoms with Crippen molar-refractivity contribution in [2.75, 3.05) is 5.32 Å². The van der Waals surface area contributed by atoms with Crippen molar-refractivity contribution in [3.8, 4) is 5.75 Å². The van der Waals surface area contributed by atoms with Crippen molar-refractivity contribution >= 4 is 23.1 Å². The lowest BCUT2D eigenvalue weighted by Crippen LogP contribution is -2.12. The minimum absolute atomic E-state index is 0.164. The largest absolute Gasteiger partial charge is 0.487 e. The first kappa shape index (κ1) is 15.2. The number of thiophene rings is 1. The molecule has 0 unspecified atom stereocenters. The zero-order valence-corrected chi connectivity index (χ0v) is 12.8. The van der Waals surface area contributed by atoms with E-state index >= 15 is 0 Å². The smallest absolute Gasteiger partial charge is 0.270 e. The van der Waals surface area contributed by atoms with Gasteiger partial charge in [-0.25, -0.2) is 9.37 Å². The molecular weight excluding hydrogens is 315 g/mol. The summed E-state index contributed by atoms with van der Waals surface area (Å²) in [6, 6.07) is 13.8. The number of carbonyl (C=O) groups excluding carboxylic acids is 1. The number of anilines is 1. The second-order valence-corrected chi connectivity index (χ2v) is 5.62. The van der Waals surface area contributed by atoms with E-state index < -0.39 is 5.82 Å². The molecule has 0 saturated carbocycles. The first-order valence-corrected chi connectivity index (χ1v) is 7.77. The molecule has 1 N–H and O–H groups in total. The standard InChI is InChI=1S/C17H13FN2O2S/c18-13-6-8-19-15(10-13)20-17(21)16-14(7-9-23-16)22-11-12-4-2-1-3-5-12/h1-10H,11H2,(H,19,20,21). The number of benzene rings is 1. The highest BCUT2D eigenvalue weighted by molar-refractivity contribution is 7.12. The highest BCUT2D eigenvalue weighted by Crippen LogP contribution is 2.26. The lowest BCUT2D eigenvalue weighted by molar-refractivity contribution is 0.102. The molecule has 2 heterocycles. The van der Waals surface area contributed by atoms with Crippen LogP contribution >= 0.6 is 11.3 Å². The Balaban J connectivity index is 1.69. The van der Waals surface area contributed by atoms with E-state index in [1.54, 1.807) is 11.4 Å². The van der Waals surface area contributed by atoms with Gasteiger partial charge in [0.1, 0.15) is 28.9 Å². The Morgan fingerprint density at radius 3 is 2.83 bits per heavy atom. The Labute approximate surface area is 136 Å². The summed E-state index contributed by atoms with van der Waals surface area (Å²) in [5, 5.41) is 4.34. The Morgan fingerprint density at radius 1 is 1.22 bits per heavy atom. The molecule has 0 aliphatic rings. The van der Waals surface area contributed by atoms with Crippen molar-refractivity contribution in [2.24, 2.45) is 0 Å². The molecule has 23 heavy (non-hydrogen) atoms. The van der Waals surface area contributed by atoms with Crippen molar-refractivity contribution < 1.29 is 13.9 Å². The Morgan fingerprint density at radius 2 is 2.04 bits per heavy atom. The molecule has 0 bridgehead atoms. The molecular formula is C17H13FN2O2S. The molecule has 116 valence electrons. The van der Waals surface area contributed by atoms with Gasteiger partial charge in [-0.15, -0.1) is 11.3 Å². The number of pyridine rings is 1. The lowest BCUT2D eigenvalue weighted by Gasteiger charge is -2.08. The maximum atomic E-state index is 13.1. The molecule has 0 saturated heterocycles. The third-order valence-electron chi connectivity index (χ3n) is 3.04. The highest BCUT2D eigenvalue weighted by atomic mass is 32.1. The maximum absolute atomic E-state index is 13.1. The molecule has 0 aliphatic heterocycles. The topological polar surface area (TPSA) is 51.2 Å². The second kappa shape index (κ2) is 7.02. The molecule has 6 heteroatoms. The van der Waals surface area contributed by atoms with Gasteiger partial charge in [0.25, 0.3) is 5.91 Å². The molecule has 1 aromatic carbocycles. The lowest BCUT2D eigenvalue weighted by atomic mass is 10.2.